The van der Waals surface area contributed by atoms with Gasteiger partial charge in [0, 0.05) is 22.7 Å². The van der Waals surface area contributed by atoms with E-state index in [1.807, 2.05) is 13.1 Å². The van der Waals surface area contributed by atoms with Crippen LogP contribution in [0.5, 0.6) is 11.5 Å². The van der Waals surface area contributed by atoms with Crippen LogP contribution >= 0.6 is 11.6 Å². The monoisotopic (exact) mass is 269 g/mol. The van der Waals surface area contributed by atoms with Gasteiger partial charge in [-0.1, -0.05) is 18.0 Å². The van der Waals surface area contributed by atoms with Crippen molar-refractivity contribution < 1.29 is 9.47 Å². The highest BCUT2D eigenvalue weighted by Gasteiger charge is 2.26. The number of hydrogen-bond acceptors (Lipinski definition) is 3. The van der Waals surface area contributed by atoms with Crippen molar-refractivity contribution in [2.45, 2.75) is 31.7 Å². The van der Waals surface area contributed by atoms with Crippen molar-refractivity contribution in [3.8, 4) is 11.5 Å². The largest absolute Gasteiger partial charge is 0.493 e. The molecule has 0 saturated heterocycles. The molecule has 100 valence electrons. The van der Waals surface area contributed by atoms with Gasteiger partial charge in [0.1, 0.15) is 0 Å². The van der Waals surface area contributed by atoms with Gasteiger partial charge in [0.2, 0.25) is 0 Å². The van der Waals surface area contributed by atoms with Gasteiger partial charge in [-0.05, 0) is 31.9 Å². The quantitative estimate of drug-likeness (QED) is 0.854. The van der Waals surface area contributed by atoms with E-state index in [0.717, 1.165) is 23.6 Å². The lowest BCUT2D eigenvalue weighted by Crippen LogP contribution is -2.18. The van der Waals surface area contributed by atoms with Gasteiger partial charge in [0.05, 0.1) is 14.2 Å². The molecule has 2 rings (SSSR count). The molecule has 0 bridgehead atoms. The topological polar surface area (TPSA) is 30.5 Å². The zero-order valence-corrected chi connectivity index (χ0v) is 11.9. The molecular weight excluding hydrogens is 250 g/mol. The van der Waals surface area contributed by atoms with Crippen molar-refractivity contribution in [3.05, 3.63) is 22.2 Å². The molecule has 1 aliphatic rings. The van der Waals surface area contributed by atoms with Crippen LogP contribution in [-0.2, 0) is 6.42 Å². The van der Waals surface area contributed by atoms with Crippen molar-refractivity contribution in [2.24, 2.45) is 0 Å². The Kier molecular flexibility index (Phi) is 4.36. The standard InChI is InChI=1S/C14H20ClNO2/c1-16-11-7-5-4-6-9-10(15)8-12(17-2)14(18-3)13(9)11/h8,11,16H,4-7H2,1-3H3. The highest BCUT2D eigenvalue weighted by Crippen LogP contribution is 2.44. The summed E-state index contributed by atoms with van der Waals surface area (Å²) in [5.41, 5.74) is 2.37. The minimum atomic E-state index is 0.282. The number of fused-ring (bicyclic) bond motifs is 1. The Hall–Kier alpha value is -0.930. The lowest BCUT2D eigenvalue weighted by Gasteiger charge is -2.22. The number of hydrogen-bond donors (Lipinski definition) is 1. The molecule has 0 spiro atoms. The fraction of sp³-hybridized carbons (Fsp3) is 0.571. The number of halogens is 1. The summed E-state index contributed by atoms with van der Waals surface area (Å²) in [6.07, 6.45) is 4.47. The third-order valence-corrected chi connectivity index (χ3v) is 3.97. The minimum Gasteiger partial charge on any atom is -0.493 e. The van der Waals surface area contributed by atoms with Gasteiger partial charge in [-0.2, -0.15) is 0 Å². The highest BCUT2D eigenvalue weighted by molar-refractivity contribution is 6.31. The van der Waals surface area contributed by atoms with Crippen LogP contribution in [0.1, 0.15) is 36.4 Å². The molecule has 0 fully saturated rings. The fourth-order valence-corrected chi connectivity index (χ4v) is 3.03. The molecule has 1 unspecified atom stereocenters. The summed E-state index contributed by atoms with van der Waals surface area (Å²) in [5.74, 6) is 1.53. The van der Waals surface area contributed by atoms with E-state index >= 15 is 0 Å². The molecule has 0 aromatic heterocycles. The summed E-state index contributed by atoms with van der Waals surface area (Å²) in [6.45, 7) is 0. The average molecular weight is 270 g/mol. The molecule has 18 heavy (non-hydrogen) atoms. The van der Waals surface area contributed by atoms with E-state index in [1.54, 1.807) is 14.2 Å². The summed E-state index contributed by atoms with van der Waals surface area (Å²) in [7, 11) is 5.31. The zero-order chi connectivity index (χ0) is 13.1. The van der Waals surface area contributed by atoms with Crippen molar-refractivity contribution >= 4 is 11.6 Å². The van der Waals surface area contributed by atoms with Gasteiger partial charge in [0.15, 0.2) is 11.5 Å². The lowest BCUT2D eigenvalue weighted by atomic mass is 9.97. The lowest BCUT2D eigenvalue weighted by molar-refractivity contribution is 0.346. The Bertz CT molecular complexity index is 434. The van der Waals surface area contributed by atoms with E-state index in [-0.39, 0.29) is 6.04 Å². The van der Waals surface area contributed by atoms with E-state index in [1.165, 1.54) is 24.0 Å². The van der Waals surface area contributed by atoms with Crippen LogP contribution in [0.4, 0.5) is 0 Å². The van der Waals surface area contributed by atoms with Gasteiger partial charge in [-0.3, -0.25) is 0 Å². The molecule has 1 aliphatic carbocycles. The predicted molar refractivity (Wildman–Crippen MR) is 73.9 cm³/mol. The van der Waals surface area contributed by atoms with E-state index in [2.05, 4.69) is 5.32 Å². The summed E-state index contributed by atoms with van der Waals surface area (Å²) in [6, 6.07) is 2.14. The molecule has 4 heteroatoms. The molecule has 0 heterocycles. The van der Waals surface area contributed by atoms with Crippen LogP contribution in [0, 0.1) is 0 Å². The van der Waals surface area contributed by atoms with Crippen LogP contribution in [0.3, 0.4) is 0 Å². The van der Waals surface area contributed by atoms with Crippen LogP contribution < -0.4 is 14.8 Å². The van der Waals surface area contributed by atoms with E-state index in [0.29, 0.717) is 5.75 Å². The summed E-state index contributed by atoms with van der Waals surface area (Å²) in [5, 5.41) is 4.14. The smallest absolute Gasteiger partial charge is 0.165 e. The number of ether oxygens (including phenoxy) is 2. The van der Waals surface area contributed by atoms with E-state index in [4.69, 9.17) is 21.1 Å². The highest BCUT2D eigenvalue weighted by atomic mass is 35.5. The Morgan fingerprint density at radius 2 is 2.06 bits per heavy atom. The third kappa shape index (κ3) is 2.29. The first-order valence-corrected chi connectivity index (χ1v) is 6.71. The maximum Gasteiger partial charge on any atom is 0.165 e. The molecule has 0 saturated carbocycles. The molecule has 0 aliphatic heterocycles. The predicted octanol–water partition coefficient (Wildman–Crippen LogP) is 3.34. The Balaban J connectivity index is 2.64. The van der Waals surface area contributed by atoms with Crippen molar-refractivity contribution in [1.82, 2.24) is 5.32 Å². The SMILES string of the molecule is CNC1CCCCc2c(Cl)cc(OC)c(OC)c21. The number of benzene rings is 1. The van der Waals surface area contributed by atoms with Crippen molar-refractivity contribution in [3.63, 3.8) is 0 Å². The summed E-state index contributed by atoms with van der Waals surface area (Å²) in [4.78, 5) is 0. The average Bonchev–Trinajstić information content (AvgIpc) is 2.61. The second-order valence-electron chi connectivity index (χ2n) is 4.57. The molecule has 3 nitrogen and oxygen atoms in total. The second-order valence-corrected chi connectivity index (χ2v) is 4.98. The van der Waals surface area contributed by atoms with Crippen molar-refractivity contribution in [2.75, 3.05) is 21.3 Å². The van der Waals surface area contributed by atoms with Crippen LogP contribution in [0.2, 0.25) is 5.02 Å². The molecule has 1 aromatic rings. The number of methoxy groups -OCH3 is 2. The Labute approximate surface area is 113 Å². The molecule has 0 amide bonds. The second kappa shape index (κ2) is 5.81. The summed E-state index contributed by atoms with van der Waals surface area (Å²) < 4.78 is 10.9. The Morgan fingerprint density at radius 3 is 2.67 bits per heavy atom. The van der Waals surface area contributed by atoms with Crippen LogP contribution in [0.15, 0.2) is 6.07 Å². The van der Waals surface area contributed by atoms with Gasteiger partial charge in [-0.15, -0.1) is 0 Å². The first-order valence-electron chi connectivity index (χ1n) is 6.33. The van der Waals surface area contributed by atoms with Gasteiger partial charge in [-0.25, -0.2) is 0 Å². The van der Waals surface area contributed by atoms with Gasteiger partial charge in [0.25, 0.3) is 0 Å². The maximum absolute atomic E-state index is 6.39. The zero-order valence-electron chi connectivity index (χ0n) is 11.2. The van der Waals surface area contributed by atoms with Gasteiger partial charge < -0.3 is 14.8 Å². The molecule has 0 radical (unpaired) electrons. The summed E-state index contributed by atoms with van der Waals surface area (Å²) >= 11 is 6.39. The molecular formula is C14H20ClNO2. The van der Waals surface area contributed by atoms with E-state index in [9.17, 15) is 0 Å². The molecule has 1 aromatic carbocycles. The van der Waals surface area contributed by atoms with Crippen LogP contribution in [-0.4, -0.2) is 21.3 Å². The first kappa shape index (κ1) is 13.5. The molecule has 1 atom stereocenters. The first-order chi connectivity index (χ1) is 8.72. The van der Waals surface area contributed by atoms with Crippen molar-refractivity contribution in [1.29, 1.82) is 0 Å². The van der Waals surface area contributed by atoms with E-state index < -0.39 is 0 Å². The van der Waals surface area contributed by atoms with Crippen LogP contribution in [0.25, 0.3) is 0 Å². The third-order valence-electron chi connectivity index (χ3n) is 3.63. The number of nitrogens with one attached hydrogen (secondary N) is 1. The minimum absolute atomic E-state index is 0.282. The molecule has 1 N–H and O–H groups in total. The fourth-order valence-electron chi connectivity index (χ4n) is 2.73. The van der Waals surface area contributed by atoms with Gasteiger partial charge >= 0.3 is 0 Å². The normalized spacial score (nSPS) is 19.0. The Morgan fingerprint density at radius 1 is 1.28 bits per heavy atom. The number of rotatable bonds is 3. The maximum atomic E-state index is 6.39.